The van der Waals surface area contributed by atoms with Gasteiger partial charge in [0.05, 0.1) is 19.8 Å². The Bertz CT molecular complexity index is 395. The van der Waals surface area contributed by atoms with Crippen molar-refractivity contribution >= 4 is 11.7 Å². The molecule has 1 aromatic rings. The lowest BCUT2D eigenvalue weighted by Gasteiger charge is -2.12. The molecule has 1 aromatic carbocycles. The number of benzene rings is 1. The molecule has 0 aromatic heterocycles. The van der Waals surface area contributed by atoms with E-state index < -0.39 is 0 Å². The Morgan fingerprint density at radius 3 is 2.80 bits per heavy atom. The summed E-state index contributed by atoms with van der Waals surface area (Å²) >= 11 is 0. The Hall–Kier alpha value is -1.59. The maximum atomic E-state index is 11.1. The van der Waals surface area contributed by atoms with E-state index in [4.69, 9.17) is 14.2 Å². The van der Waals surface area contributed by atoms with E-state index >= 15 is 0 Å². The van der Waals surface area contributed by atoms with Crippen molar-refractivity contribution < 1.29 is 19.0 Å². The molecule has 1 rings (SSSR count). The maximum Gasteiger partial charge on any atom is 0.332 e. The molecule has 0 saturated heterocycles. The molecule has 5 nitrogen and oxygen atoms in total. The summed E-state index contributed by atoms with van der Waals surface area (Å²) in [6, 6.07) is 8.09. The van der Waals surface area contributed by atoms with Gasteiger partial charge in [-0.1, -0.05) is 18.2 Å². The van der Waals surface area contributed by atoms with Gasteiger partial charge >= 0.3 is 5.97 Å². The van der Waals surface area contributed by atoms with Crippen molar-refractivity contribution in [2.45, 2.75) is 13.3 Å². The lowest BCUT2D eigenvalue weighted by molar-refractivity contribution is -0.148. The number of hydrogen-bond acceptors (Lipinski definition) is 5. The maximum absolute atomic E-state index is 11.1. The number of carbonyl (C=O) groups excluding carboxylic acids is 1. The van der Waals surface area contributed by atoms with Crippen LogP contribution in [0.2, 0.25) is 0 Å². The van der Waals surface area contributed by atoms with E-state index in [9.17, 15) is 4.79 Å². The van der Waals surface area contributed by atoms with Gasteiger partial charge in [0.1, 0.15) is 6.61 Å². The average Bonchev–Trinajstić information content (AvgIpc) is 2.46. The first-order valence-electron chi connectivity index (χ1n) is 6.82. The molecule has 0 heterocycles. The number of methoxy groups -OCH3 is 1. The first-order chi connectivity index (χ1) is 9.77. The molecule has 0 radical (unpaired) electrons. The van der Waals surface area contributed by atoms with Gasteiger partial charge in [0.2, 0.25) is 0 Å². The summed E-state index contributed by atoms with van der Waals surface area (Å²) in [6.45, 7) is 3.95. The van der Waals surface area contributed by atoms with Crippen LogP contribution in [-0.4, -0.2) is 46.1 Å². The van der Waals surface area contributed by atoms with Crippen LogP contribution in [0, 0.1) is 0 Å². The predicted molar refractivity (Wildman–Crippen MR) is 78.0 cm³/mol. The zero-order chi connectivity index (χ0) is 14.6. The largest absolute Gasteiger partial charge is 0.464 e. The highest BCUT2D eigenvalue weighted by atomic mass is 16.6. The standard InChI is InChI=1S/C15H23NO4/c1-3-20-15(17)12-19-11-9-16-14-7-5-4-6-13(14)8-10-18-2/h4-7,16H,3,8-12H2,1-2H3. The lowest BCUT2D eigenvalue weighted by Crippen LogP contribution is -2.17. The van der Waals surface area contributed by atoms with E-state index in [1.807, 2.05) is 18.2 Å². The lowest BCUT2D eigenvalue weighted by atomic mass is 10.1. The number of ether oxygens (including phenoxy) is 3. The summed E-state index contributed by atoms with van der Waals surface area (Å²) in [6.07, 6.45) is 0.864. The third-order valence-electron chi connectivity index (χ3n) is 2.68. The summed E-state index contributed by atoms with van der Waals surface area (Å²) in [5.74, 6) is -0.326. The molecule has 0 fully saturated rings. The van der Waals surface area contributed by atoms with Crippen molar-refractivity contribution in [3.05, 3.63) is 29.8 Å². The van der Waals surface area contributed by atoms with E-state index in [2.05, 4.69) is 11.4 Å². The first-order valence-corrected chi connectivity index (χ1v) is 6.82. The van der Waals surface area contributed by atoms with Crippen LogP contribution in [0.5, 0.6) is 0 Å². The van der Waals surface area contributed by atoms with Crippen LogP contribution >= 0.6 is 0 Å². The minimum Gasteiger partial charge on any atom is -0.464 e. The Kier molecular flexibility index (Phi) is 8.42. The van der Waals surface area contributed by atoms with Gasteiger partial charge in [0, 0.05) is 19.3 Å². The normalized spacial score (nSPS) is 10.3. The van der Waals surface area contributed by atoms with Crippen LogP contribution in [-0.2, 0) is 25.4 Å². The van der Waals surface area contributed by atoms with Gasteiger partial charge < -0.3 is 19.5 Å². The Morgan fingerprint density at radius 1 is 1.25 bits per heavy atom. The fourth-order valence-electron chi connectivity index (χ4n) is 1.74. The average molecular weight is 281 g/mol. The van der Waals surface area contributed by atoms with Crippen molar-refractivity contribution in [1.29, 1.82) is 0 Å². The van der Waals surface area contributed by atoms with Gasteiger partial charge in [-0.3, -0.25) is 0 Å². The van der Waals surface area contributed by atoms with Crippen molar-refractivity contribution in [3.8, 4) is 0 Å². The molecule has 20 heavy (non-hydrogen) atoms. The van der Waals surface area contributed by atoms with E-state index in [0.29, 0.717) is 26.4 Å². The van der Waals surface area contributed by atoms with Crippen molar-refractivity contribution in [2.75, 3.05) is 45.4 Å². The van der Waals surface area contributed by atoms with Crippen molar-refractivity contribution in [3.63, 3.8) is 0 Å². The van der Waals surface area contributed by atoms with E-state index in [0.717, 1.165) is 12.1 Å². The molecule has 0 unspecified atom stereocenters. The molecule has 0 amide bonds. The number of esters is 1. The zero-order valence-electron chi connectivity index (χ0n) is 12.2. The van der Waals surface area contributed by atoms with Gasteiger partial charge in [0.25, 0.3) is 0 Å². The molecule has 0 aliphatic rings. The Labute approximate surface area is 120 Å². The molecule has 5 heteroatoms. The SMILES string of the molecule is CCOC(=O)COCCNc1ccccc1CCOC. The number of rotatable bonds is 10. The molecular weight excluding hydrogens is 258 g/mol. The molecular formula is C15H23NO4. The molecule has 0 aliphatic heterocycles. The summed E-state index contributed by atoms with van der Waals surface area (Å²) < 4.78 is 15.1. The molecule has 0 atom stereocenters. The monoisotopic (exact) mass is 281 g/mol. The molecule has 112 valence electrons. The third kappa shape index (κ3) is 6.54. The zero-order valence-corrected chi connectivity index (χ0v) is 12.2. The highest BCUT2D eigenvalue weighted by Crippen LogP contribution is 2.15. The van der Waals surface area contributed by atoms with Crippen molar-refractivity contribution in [2.24, 2.45) is 0 Å². The van der Waals surface area contributed by atoms with Gasteiger partial charge in [-0.25, -0.2) is 4.79 Å². The fourth-order valence-corrected chi connectivity index (χ4v) is 1.74. The topological polar surface area (TPSA) is 56.8 Å². The van der Waals surface area contributed by atoms with E-state index in [-0.39, 0.29) is 12.6 Å². The quantitative estimate of drug-likeness (QED) is 0.524. The third-order valence-corrected chi connectivity index (χ3v) is 2.68. The molecule has 0 saturated carbocycles. The Balaban J connectivity index is 2.26. The highest BCUT2D eigenvalue weighted by molar-refractivity contribution is 5.70. The van der Waals surface area contributed by atoms with Crippen LogP contribution < -0.4 is 5.32 Å². The number of carbonyl (C=O) groups is 1. The van der Waals surface area contributed by atoms with Gasteiger partial charge in [-0.15, -0.1) is 0 Å². The van der Waals surface area contributed by atoms with E-state index in [1.165, 1.54) is 5.56 Å². The smallest absolute Gasteiger partial charge is 0.332 e. The summed E-state index contributed by atoms with van der Waals surface area (Å²) in [4.78, 5) is 11.1. The molecule has 0 aliphatic carbocycles. The van der Waals surface area contributed by atoms with Gasteiger partial charge in [0.15, 0.2) is 0 Å². The minimum absolute atomic E-state index is 0.000835. The number of para-hydroxylation sites is 1. The number of nitrogens with one attached hydrogen (secondary N) is 1. The van der Waals surface area contributed by atoms with Crippen LogP contribution in [0.3, 0.4) is 0 Å². The fraction of sp³-hybridized carbons (Fsp3) is 0.533. The summed E-state index contributed by atoms with van der Waals surface area (Å²) in [7, 11) is 1.69. The number of hydrogen-bond donors (Lipinski definition) is 1. The highest BCUT2D eigenvalue weighted by Gasteiger charge is 2.02. The minimum atomic E-state index is -0.326. The van der Waals surface area contributed by atoms with Gasteiger partial charge in [-0.2, -0.15) is 0 Å². The Morgan fingerprint density at radius 2 is 2.05 bits per heavy atom. The summed E-state index contributed by atoms with van der Waals surface area (Å²) in [5, 5.41) is 3.30. The van der Waals surface area contributed by atoms with Crippen LogP contribution in [0.15, 0.2) is 24.3 Å². The molecule has 0 spiro atoms. The van der Waals surface area contributed by atoms with Crippen LogP contribution in [0.25, 0.3) is 0 Å². The van der Waals surface area contributed by atoms with Crippen LogP contribution in [0.1, 0.15) is 12.5 Å². The summed E-state index contributed by atoms with van der Waals surface area (Å²) in [5.41, 5.74) is 2.28. The molecule has 1 N–H and O–H groups in total. The number of anilines is 1. The van der Waals surface area contributed by atoms with Gasteiger partial charge in [-0.05, 0) is 25.0 Å². The second-order valence-electron chi connectivity index (χ2n) is 4.18. The van der Waals surface area contributed by atoms with Crippen molar-refractivity contribution in [1.82, 2.24) is 0 Å². The molecule has 0 bridgehead atoms. The second kappa shape index (κ2) is 10.2. The first kappa shape index (κ1) is 16.5. The predicted octanol–water partition coefficient (Wildman–Crippen LogP) is 1.87. The van der Waals surface area contributed by atoms with E-state index in [1.54, 1.807) is 14.0 Å². The second-order valence-corrected chi connectivity index (χ2v) is 4.18. The van der Waals surface area contributed by atoms with Crippen LogP contribution in [0.4, 0.5) is 5.69 Å².